The first kappa shape index (κ1) is 15.6. The molecule has 4 aromatic rings. The number of carbonyl (C=O) groups is 1. The molecule has 0 radical (unpaired) electrons. The quantitative estimate of drug-likeness (QED) is 0.578. The van der Waals surface area contributed by atoms with Crippen molar-refractivity contribution in [2.45, 2.75) is 0 Å². The van der Waals surface area contributed by atoms with E-state index in [2.05, 4.69) is 35.5 Å². The van der Waals surface area contributed by atoms with Crippen LogP contribution in [0.3, 0.4) is 0 Å². The lowest BCUT2D eigenvalue weighted by atomic mass is 10.00. The zero-order valence-corrected chi connectivity index (χ0v) is 14.4. The van der Waals surface area contributed by atoms with E-state index in [4.69, 9.17) is 0 Å². The second-order valence-electron chi connectivity index (χ2n) is 6.57. The number of aromatic nitrogens is 6. The number of carbonyl (C=O) groups excluding carboxylic acids is 1. The maximum atomic E-state index is 12.4. The Morgan fingerprint density at radius 2 is 1.96 bits per heavy atom. The molecular weight excluding hydrogens is 344 g/mol. The van der Waals surface area contributed by atoms with Gasteiger partial charge in [0.25, 0.3) is 5.91 Å². The molecule has 4 heterocycles. The Balaban J connectivity index is 1.18. The number of hydrogen-bond acceptors (Lipinski definition) is 7. The van der Waals surface area contributed by atoms with Gasteiger partial charge >= 0.3 is 0 Å². The molecule has 0 unspecified atom stereocenters. The third-order valence-electron chi connectivity index (χ3n) is 4.71. The number of nitrogens with one attached hydrogen (secondary N) is 1. The van der Waals surface area contributed by atoms with Gasteiger partial charge in [-0.1, -0.05) is 0 Å². The summed E-state index contributed by atoms with van der Waals surface area (Å²) < 4.78 is 1.66. The Labute approximate surface area is 154 Å². The van der Waals surface area contributed by atoms with E-state index in [0.29, 0.717) is 18.0 Å². The summed E-state index contributed by atoms with van der Waals surface area (Å²) in [6.07, 6.45) is 4.85. The van der Waals surface area contributed by atoms with Crippen LogP contribution >= 0.6 is 0 Å². The first-order valence-electron chi connectivity index (χ1n) is 8.67. The van der Waals surface area contributed by atoms with Crippen LogP contribution in [0.2, 0.25) is 0 Å². The fraction of sp³-hybridized carbons (Fsp3) is 0.222. The molecule has 5 rings (SSSR count). The first-order chi connectivity index (χ1) is 13.3. The van der Waals surface area contributed by atoms with Crippen LogP contribution in [-0.2, 0) is 0 Å². The molecule has 1 amide bonds. The Kier molecular flexibility index (Phi) is 3.63. The van der Waals surface area contributed by atoms with E-state index in [1.54, 1.807) is 35.4 Å². The van der Waals surface area contributed by atoms with Crippen molar-refractivity contribution in [3.63, 3.8) is 0 Å². The molecule has 134 valence electrons. The average molecular weight is 360 g/mol. The lowest BCUT2D eigenvalue weighted by molar-refractivity contribution is 0.0944. The molecule has 1 aliphatic heterocycles. The van der Waals surface area contributed by atoms with Crippen LogP contribution in [0.1, 0.15) is 10.4 Å². The van der Waals surface area contributed by atoms with Gasteiger partial charge in [-0.25, -0.2) is 0 Å². The van der Waals surface area contributed by atoms with Gasteiger partial charge < -0.3 is 10.2 Å². The molecule has 9 nitrogen and oxygen atoms in total. The minimum Gasteiger partial charge on any atom is -0.354 e. The van der Waals surface area contributed by atoms with Gasteiger partial charge in [-0.15, -0.1) is 15.3 Å². The van der Waals surface area contributed by atoms with Crippen molar-refractivity contribution in [3.8, 4) is 0 Å². The molecule has 1 aromatic carbocycles. The number of amides is 1. The smallest absolute Gasteiger partial charge is 0.251 e. The Bertz CT molecular complexity index is 1130. The van der Waals surface area contributed by atoms with Crippen molar-refractivity contribution in [3.05, 3.63) is 54.6 Å². The van der Waals surface area contributed by atoms with Gasteiger partial charge in [0, 0.05) is 43.5 Å². The molecule has 1 fully saturated rings. The molecule has 1 aliphatic rings. The van der Waals surface area contributed by atoms with Gasteiger partial charge in [0.2, 0.25) is 0 Å². The summed E-state index contributed by atoms with van der Waals surface area (Å²) in [7, 11) is 0. The Morgan fingerprint density at radius 3 is 2.85 bits per heavy atom. The lowest BCUT2D eigenvalue weighted by Crippen LogP contribution is -2.52. The standard InChI is InChI=1S/C18H16N8O/c27-18(13-1-2-14-15(7-13)20-6-5-19-14)21-8-12-9-25(10-12)17-4-3-16-23-22-11-26(16)24-17/h1-7,11-12H,8-10H2,(H,21,27). The third-order valence-corrected chi connectivity index (χ3v) is 4.71. The highest BCUT2D eigenvalue weighted by atomic mass is 16.1. The number of anilines is 1. The monoisotopic (exact) mass is 360 g/mol. The second kappa shape index (κ2) is 6.27. The molecular formula is C18H16N8O. The van der Waals surface area contributed by atoms with Gasteiger partial charge in [-0.05, 0) is 30.3 Å². The van der Waals surface area contributed by atoms with Crippen LogP contribution in [-0.4, -0.2) is 55.3 Å². The van der Waals surface area contributed by atoms with Gasteiger partial charge in [0.15, 0.2) is 5.65 Å². The molecule has 0 saturated carbocycles. The number of hydrogen-bond donors (Lipinski definition) is 1. The summed E-state index contributed by atoms with van der Waals surface area (Å²) in [4.78, 5) is 23.0. The highest BCUT2D eigenvalue weighted by Crippen LogP contribution is 2.22. The summed E-state index contributed by atoms with van der Waals surface area (Å²) >= 11 is 0. The van der Waals surface area contributed by atoms with Crippen molar-refractivity contribution in [1.82, 2.24) is 35.1 Å². The van der Waals surface area contributed by atoms with E-state index in [1.807, 2.05) is 18.2 Å². The molecule has 0 bridgehead atoms. The van der Waals surface area contributed by atoms with Gasteiger partial charge in [0.1, 0.15) is 12.1 Å². The molecule has 1 saturated heterocycles. The fourth-order valence-electron chi connectivity index (χ4n) is 3.22. The lowest BCUT2D eigenvalue weighted by Gasteiger charge is -2.40. The van der Waals surface area contributed by atoms with E-state index >= 15 is 0 Å². The predicted octanol–water partition coefficient (Wildman–Crippen LogP) is 0.934. The minimum absolute atomic E-state index is 0.0926. The SMILES string of the molecule is O=C(NCC1CN(c2ccc3nncn3n2)C1)c1ccc2nccnc2c1. The zero-order chi connectivity index (χ0) is 18.2. The summed E-state index contributed by atoms with van der Waals surface area (Å²) in [5, 5.41) is 15.3. The Morgan fingerprint density at radius 1 is 1.11 bits per heavy atom. The number of nitrogens with zero attached hydrogens (tertiary/aromatic N) is 7. The van der Waals surface area contributed by atoms with Gasteiger partial charge in [-0.3, -0.25) is 14.8 Å². The molecule has 3 aromatic heterocycles. The highest BCUT2D eigenvalue weighted by Gasteiger charge is 2.28. The van der Waals surface area contributed by atoms with Crippen LogP contribution < -0.4 is 10.2 Å². The predicted molar refractivity (Wildman–Crippen MR) is 98.4 cm³/mol. The Hall–Kier alpha value is -3.62. The van der Waals surface area contributed by atoms with Crippen LogP contribution in [0.15, 0.2) is 49.1 Å². The third kappa shape index (κ3) is 2.92. The van der Waals surface area contributed by atoms with Crippen LogP contribution in [0.25, 0.3) is 16.7 Å². The number of benzene rings is 1. The molecule has 1 N–H and O–H groups in total. The van der Waals surface area contributed by atoms with Crippen LogP contribution in [0.5, 0.6) is 0 Å². The first-order valence-corrected chi connectivity index (χ1v) is 8.67. The zero-order valence-electron chi connectivity index (χ0n) is 14.4. The molecule has 9 heteroatoms. The van der Waals surface area contributed by atoms with Crippen LogP contribution in [0.4, 0.5) is 5.82 Å². The van der Waals surface area contributed by atoms with Crippen LogP contribution in [0, 0.1) is 5.92 Å². The molecule has 0 aliphatic carbocycles. The number of fused-ring (bicyclic) bond motifs is 2. The van der Waals surface area contributed by atoms with Crippen molar-refractivity contribution in [2.75, 3.05) is 24.5 Å². The van der Waals surface area contributed by atoms with Crippen molar-refractivity contribution in [1.29, 1.82) is 0 Å². The highest BCUT2D eigenvalue weighted by molar-refractivity contribution is 5.97. The topological polar surface area (TPSA) is 101 Å². The maximum Gasteiger partial charge on any atom is 0.251 e. The summed E-state index contributed by atoms with van der Waals surface area (Å²) in [5.74, 6) is 1.19. The molecule has 0 atom stereocenters. The van der Waals surface area contributed by atoms with E-state index < -0.39 is 0 Å². The summed E-state index contributed by atoms with van der Waals surface area (Å²) in [5.41, 5.74) is 2.82. The second-order valence-corrected chi connectivity index (χ2v) is 6.57. The average Bonchev–Trinajstić information content (AvgIpc) is 3.14. The summed E-state index contributed by atoms with van der Waals surface area (Å²) in [6, 6.07) is 9.19. The maximum absolute atomic E-state index is 12.4. The van der Waals surface area contributed by atoms with Gasteiger partial charge in [0.05, 0.1) is 11.0 Å². The molecule has 27 heavy (non-hydrogen) atoms. The number of rotatable bonds is 4. The van der Waals surface area contributed by atoms with Crippen molar-refractivity contribution < 1.29 is 4.79 Å². The molecule has 0 spiro atoms. The fourth-order valence-corrected chi connectivity index (χ4v) is 3.22. The van der Waals surface area contributed by atoms with Crippen molar-refractivity contribution in [2.24, 2.45) is 5.92 Å². The van der Waals surface area contributed by atoms with E-state index in [0.717, 1.165) is 35.6 Å². The largest absolute Gasteiger partial charge is 0.354 e. The van der Waals surface area contributed by atoms with E-state index in [1.165, 1.54) is 0 Å². The van der Waals surface area contributed by atoms with Crippen molar-refractivity contribution >= 4 is 28.4 Å². The minimum atomic E-state index is -0.0926. The van der Waals surface area contributed by atoms with E-state index in [-0.39, 0.29) is 5.91 Å². The normalized spacial score (nSPS) is 14.4. The van der Waals surface area contributed by atoms with Gasteiger partial charge in [-0.2, -0.15) is 4.52 Å². The summed E-state index contributed by atoms with van der Waals surface area (Å²) in [6.45, 7) is 2.33. The van der Waals surface area contributed by atoms with E-state index in [9.17, 15) is 4.79 Å².